The van der Waals surface area contributed by atoms with Gasteiger partial charge in [-0.15, -0.1) is 0 Å². The molecule has 0 radical (unpaired) electrons. The van der Waals surface area contributed by atoms with Gasteiger partial charge in [0.1, 0.15) is 23.9 Å². The maximum Gasteiger partial charge on any atom is 0.234 e. The number of nitrogens with one attached hydrogen (secondary N) is 2. The summed E-state index contributed by atoms with van der Waals surface area (Å²) in [5, 5.41) is 11.8. The minimum atomic E-state index is -0.692. The zero-order valence-electron chi connectivity index (χ0n) is 14.7. The van der Waals surface area contributed by atoms with Crippen LogP contribution in [-0.4, -0.2) is 16.9 Å². The number of rotatable bonds is 4. The largest absolute Gasteiger partial charge is 0.352 e. The Kier molecular flexibility index (Phi) is 4.55. The van der Waals surface area contributed by atoms with Crippen molar-refractivity contribution < 1.29 is 18.0 Å². The van der Waals surface area contributed by atoms with Crippen LogP contribution in [0.4, 0.5) is 13.2 Å². The van der Waals surface area contributed by atoms with Crippen molar-refractivity contribution in [3.63, 3.8) is 0 Å². The van der Waals surface area contributed by atoms with E-state index in [1.54, 1.807) is 18.2 Å². The summed E-state index contributed by atoms with van der Waals surface area (Å²) >= 11 is 0. The van der Waals surface area contributed by atoms with Crippen LogP contribution in [0, 0.1) is 28.8 Å². The van der Waals surface area contributed by atoms with E-state index >= 15 is 0 Å². The number of halogens is 3. The van der Waals surface area contributed by atoms with Gasteiger partial charge in [0.05, 0.1) is 17.3 Å². The Hall–Kier alpha value is -3.27. The van der Waals surface area contributed by atoms with E-state index in [1.807, 2.05) is 0 Å². The Morgan fingerprint density at radius 1 is 1.14 bits per heavy atom. The molecule has 1 aliphatic rings. The van der Waals surface area contributed by atoms with Gasteiger partial charge in [0.2, 0.25) is 5.91 Å². The van der Waals surface area contributed by atoms with Crippen molar-refractivity contribution in [1.82, 2.24) is 10.3 Å². The lowest BCUT2D eigenvalue weighted by molar-refractivity contribution is -0.121. The van der Waals surface area contributed by atoms with Crippen LogP contribution in [0.3, 0.4) is 0 Å². The highest BCUT2D eigenvalue weighted by atomic mass is 19.1. The number of carbonyl (C=O) groups excluding carboxylic acids is 1. The van der Waals surface area contributed by atoms with Crippen molar-refractivity contribution in [2.24, 2.45) is 0 Å². The third kappa shape index (κ3) is 3.22. The molecule has 1 saturated carbocycles. The van der Waals surface area contributed by atoms with Crippen molar-refractivity contribution >= 4 is 16.8 Å². The predicted molar refractivity (Wildman–Crippen MR) is 97.7 cm³/mol. The standard InChI is InChI=1S/C21H16F3N3O/c22-13-3-1-11(2-4-13)20-19(12-7-15(8-12)26-18(28)5-6-25)16-9-14(23)10-17(24)21(16)27-20/h1-4,9-10,12,15,27H,5,7-8H2,(H,26,28)/t12-,15-. The van der Waals surface area contributed by atoms with Crippen LogP contribution < -0.4 is 5.32 Å². The highest BCUT2D eigenvalue weighted by Crippen LogP contribution is 2.45. The predicted octanol–water partition coefficient (Wildman–Crippen LogP) is 4.53. The lowest BCUT2D eigenvalue weighted by Crippen LogP contribution is -2.43. The molecule has 0 unspecified atom stereocenters. The normalized spacial score (nSPS) is 18.5. The van der Waals surface area contributed by atoms with Crippen molar-refractivity contribution in [3.05, 3.63) is 59.4 Å². The van der Waals surface area contributed by atoms with Crippen molar-refractivity contribution in [2.75, 3.05) is 0 Å². The topological polar surface area (TPSA) is 68.7 Å². The number of amides is 1. The molecule has 0 bridgehead atoms. The molecule has 1 fully saturated rings. The number of carbonyl (C=O) groups is 1. The molecule has 0 spiro atoms. The summed E-state index contributed by atoms with van der Waals surface area (Å²) in [6.45, 7) is 0. The van der Waals surface area contributed by atoms with E-state index in [9.17, 15) is 18.0 Å². The summed E-state index contributed by atoms with van der Waals surface area (Å²) in [5.41, 5.74) is 2.24. The number of nitriles is 1. The lowest BCUT2D eigenvalue weighted by Gasteiger charge is -2.36. The van der Waals surface area contributed by atoms with Crippen LogP contribution in [0.5, 0.6) is 0 Å². The van der Waals surface area contributed by atoms with E-state index in [2.05, 4.69) is 10.3 Å². The molecule has 0 saturated heterocycles. The van der Waals surface area contributed by atoms with Crippen LogP contribution >= 0.6 is 0 Å². The minimum Gasteiger partial charge on any atom is -0.352 e. The molecule has 1 amide bonds. The molecule has 2 N–H and O–H groups in total. The Morgan fingerprint density at radius 3 is 2.54 bits per heavy atom. The summed E-state index contributed by atoms with van der Waals surface area (Å²) in [7, 11) is 0. The first-order valence-corrected chi connectivity index (χ1v) is 8.89. The van der Waals surface area contributed by atoms with Gasteiger partial charge < -0.3 is 10.3 Å². The zero-order chi connectivity index (χ0) is 19.8. The van der Waals surface area contributed by atoms with Gasteiger partial charge >= 0.3 is 0 Å². The molecular formula is C21H16F3N3O. The zero-order valence-corrected chi connectivity index (χ0v) is 14.7. The Balaban J connectivity index is 1.72. The third-order valence-electron chi connectivity index (χ3n) is 5.15. The average molecular weight is 383 g/mol. The first-order valence-electron chi connectivity index (χ1n) is 8.89. The number of aromatic nitrogens is 1. The molecule has 3 aromatic rings. The monoisotopic (exact) mass is 383 g/mol. The van der Waals surface area contributed by atoms with E-state index in [0.29, 0.717) is 29.5 Å². The molecule has 0 atom stereocenters. The molecule has 0 aliphatic heterocycles. The second-order valence-corrected chi connectivity index (χ2v) is 7.00. The Bertz CT molecular complexity index is 1090. The summed E-state index contributed by atoms with van der Waals surface area (Å²) in [6.07, 6.45) is 0.985. The Morgan fingerprint density at radius 2 is 1.86 bits per heavy atom. The van der Waals surface area contributed by atoms with Crippen LogP contribution in [0.2, 0.25) is 0 Å². The van der Waals surface area contributed by atoms with Gasteiger partial charge in [0.25, 0.3) is 0 Å². The molecule has 1 aliphatic carbocycles. The number of hydrogen-bond donors (Lipinski definition) is 2. The minimum absolute atomic E-state index is 0.0256. The first-order chi connectivity index (χ1) is 13.5. The van der Waals surface area contributed by atoms with Crippen molar-refractivity contribution in [3.8, 4) is 17.3 Å². The smallest absolute Gasteiger partial charge is 0.234 e. The van der Waals surface area contributed by atoms with Crippen LogP contribution in [0.15, 0.2) is 36.4 Å². The molecule has 2 aromatic carbocycles. The molecule has 1 heterocycles. The van der Waals surface area contributed by atoms with Gasteiger partial charge in [-0.2, -0.15) is 5.26 Å². The quantitative estimate of drug-likeness (QED) is 0.695. The number of aromatic amines is 1. The second kappa shape index (κ2) is 7.04. The highest BCUT2D eigenvalue weighted by molar-refractivity contribution is 5.92. The van der Waals surface area contributed by atoms with Gasteiger partial charge in [-0.25, -0.2) is 13.2 Å². The van der Waals surface area contributed by atoms with E-state index < -0.39 is 11.6 Å². The molecule has 4 nitrogen and oxygen atoms in total. The van der Waals surface area contributed by atoms with E-state index in [1.165, 1.54) is 18.2 Å². The fourth-order valence-corrected chi connectivity index (χ4v) is 3.83. The van der Waals surface area contributed by atoms with Gasteiger partial charge in [-0.1, -0.05) is 0 Å². The van der Waals surface area contributed by atoms with E-state index in [0.717, 1.165) is 11.6 Å². The molecule has 142 valence electrons. The molecular weight excluding hydrogens is 367 g/mol. The Labute approximate surface area is 159 Å². The first kappa shape index (κ1) is 18.1. The van der Waals surface area contributed by atoms with Gasteiger partial charge in [-0.05, 0) is 60.2 Å². The highest BCUT2D eigenvalue weighted by Gasteiger charge is 2.35. The van der Waals surface area contributed by atoms with Gasteiger partial charge in [0.15, 0.2) is 0 Å². The van der Waals surface area contributed by atoms with E-state index in [-0.39, 0.29) is 35.6 Å². The molecule has 4 rings (SSSR count). The fraction of sp³-hybridized carbons (Fsp3) is 0.238. The fourth-order valence-electron chi connectivity index (χ4n) is 3.83. The van der Waals surface area contributed by atoms with Crippen LogP contribution in [-0.2, 0) is 4.79 Å². The number of hydrogen-bond acceptors (Lipinski definition) is 2. The SMILES string of the molecule is N#CCC(=O)N[C@H]1C[C@H](c2c(-c3ccc(F)cc3)[nH]c3c(F)cc(F)cc32)C1. The average Bonchev–Trinajstić information content (AvgIpc) is 2.98. The number of H-pyrrole nitrogens is 1. The maximum atomic E-state index is 14.3. The van der Waals surface area contributed by atoms with Crippen LogP contribution in [0.1, 0.15) is 30.7 Å². The van der Waals surface area contributed by atoms with Crippen molar-refractivity contribution in [2.45, 2.75) is 31.2 Å². The maximum absolute atomic E-state index is 14.3. The van der Waals surface area contributed by atoms with Gasteiger partial charge in [-0.3, -0.25) is 4.79 Å². The summed E-state index contributed by atoms with van der Waals surface area (Å²) < 4.78 is 41.5. The number of nitrogens with zero attached hydrogens (tertiary/aromatic N) is 1. The van der Waals surface area contributed by atoms with Gasteiger partial charge in [0, 0.05) is 17.5 Å². The second-order valence-electron chi connectivity index (χ2n) is 7.00. The lowest BCUT2D eigenvalue weighted by atomic mass is 9.74. The van der Waals surface area contributed by atoms with Crippen molar-refractivity contribution in [1.29, 1.82) is 5.26 Å². The summed E-state index contributed by atoms with van der Waals surface area (Å²) in [6, 6.07) is 9.62. The molecule has 28 heavy (non-hydrogen) atoms. The number of fused-ring (bicyclic) bond motifs is 1. The molecule has 1 aromatic heterocycles. The molecule has 7 heteroatoms. The van der Waals surface area contributed by atoms with E-state index in [4.69, 9.17) is 5.26 Å². The van der Waals surface area contributed by atoms with Crippen LogP contribution in [0.25, 0.3) is 22.2 Å². The summed E-state index contributed by atoms with van der Waals surface area (Å²) in [4.78, 5) is 14.6. The summed E-state index contributed by atoms with van der Waals surface area (Å²) in [5.74, 6) is -2.11. The number of benzene rings is 2. The third-order valence-corrected chi connectivity index (χ3v) is 5.15.